The summed E-state index contributed by atoms with van der Waals surface area (Å²) >= 11 is 5.20. The van der Waals surface area contributed by atoms with Crippen LogP contribution in [0.2, 0.25) is 0 Å². The Morgan fingerprint density at radius 2 is 1.75 bits per heavy atom. The fourth-order valence-electron chi connectivity index (χ4n) is 7.69. The molecule has 4 aromatic rings. The average Bonchev–Trinajstić information content (AvgIpc) is 3.62. The third-order valence-electron chi connectivity index (χ3n) is 11.0. The van der Waals surface area contributed by atoms with Gasteiger partial charge in [0.05, 0.1) is 17.7 Å². The molecule has 3 aromatic carbocycles. The maximum Gasteiger partial charge on any atom is 0.256 e. The summed E-state index contributed by atoms with van der Waals surface area (Å²) in [6, 6.07) is 17.1. The van der Waals surface area contributed by atoms with E-state index in [1.807, 2.05) is 48.7 Å². The number of aldehydes is 1. The minimum atomic E-state index is -2.66. The largest absolute Gasteiger partial charge is 0.389 e. The highest BCUT2D eigenvalue weighted by atomic mass is 32.1. The number of imide groups is 1. The van der Waals surface area contributed by atoms with E-state index in [1.165, 1.54) is 18.0 Å². The summed E-state index contributed by atoms with van der Waals surface area (Å²) in [5.41, 5.74) is 10.5. The molecule has 4 N–H and O–H groups in total. The molecule has 4 amide bonds. The number of nitrogens with one attached hydrogen (secondary N) is 2. The number of amides is 4. The molecule has 0 bridgehead atoms. The van der Waals surface area contributed by atoms with Crippen LogP contribution in [0.1, 0.15) is 102 Å². The van der Waals surface area contributed by atoms with Gasteiger partial charge in [-0.25, -0.2) is 8.78 Å². The van der Waals surface area contributed by atoms with E-state index in [-0.39, 0.29) is 66.1 Å². The molecule has 1 aliphatic carbocycles. The number of hydrogen-bond acceptors (Lipinski definition) is 8. The summed E-state index contributed by atoms with van der Waals surface area (Å²) in [5.74, 6) is 1.62. The van der Waals surface area contributed by atoms with Gasteiger partial charge in [0, 0.05) is 105 Å². The Labute approximate surface area is 358 Å². The number of ether oxygens (including phenoxy) is 2. The van der Waals surface area contributed by atoms with Crippen molar-refractivity contribution in [1.82, 2.24) is 14.8 Å². The van der Waals surface area contributed by atoms with Gasteiger partial charge in [-0.3, -0.25) is 29.3 Å². The van der Waals surface area contributed by atoms with Gasteiger partial charge in [0.25, 0.3) is 5.91 Å². The number of benzene rings is 3. The molecule has 1 aromatic heterocycles. The van der Waals surface area contributed by atoms with E-state index in [9.17, 15) is 32.8 Å². The Bertz CT molecular complexity index is 2360. The number of anilines is 1. The number of carbonyl (C=O) groups is 5. The summed E-state index contributed by atoms with van der Waals surface area (Å²) in [6.45, 7) is 1.61. The van der Waals surface area contributed by atoms with Gasteiger partial charge < -0.3 is 30.0 Å². The Balaban J connectivity index is 0.929. The zero-order valence-electron chi connectivity index (χ0n) is 34.0. The Kier molecular flexibility index (Phi) is 15.1. The monoisotopic (exact) mass is 853 g/mol. The zero-order chi connectivity index (χ0) is 43.5. The van der Waals surface area contributed by atoms with Crippen molar-refractivity contribution >= 4 is 63.7 Å². The van der Waals surface area contributed by atoms with Crippen molar-refractivity contribution in [2.24, 2.45) is 5.73 Å². The first-order valence-corrected chi connectivity index (χ1v) is 20.8. The van der Waals surface area contributed by atoms with Crippen LogP contribution in [0.15, 0.2) is 66.9 Å². The van der Waals surface area contributed by atoms with E-state index in [0.717, 1.165) is 27.6 Å². The van der Waals surface area contributed by atoms with Gasteiger partial charge in [0.15, 0.2) is 6.29 Å². The third-order valence-corrected chi connectivity index (χ3v) is 11.2. The number of halogens is 2. The molecular formula is C46H49F2N5O7S. The molecule has 1 unspecified atom stereocenters. The van der Waals surface area contributed by atoms with Crippen molar-refractivity contribution in [1.29, 1.82) is 0 Å². The normalized spacial score (nSPS) is 16.3. The van der Waals surface area contributed by atoms with Crippen LogP contribution >= 0.6 is 12.2 Å². The quantitative estimate of drug-likeness (QED) is 0.0335. The Morgan fingerprint density at radius 1 is 1.02 bits per heavy atom. The number of carbonyl (C=O) groups excluding carboxylic acids is 5. The second-order valence-electron chi connectivity index (χ2n) is 15.3. The molecule has 1 saturated carbocycles. The lowest BCUT2D eigenvalue weighted by atomic mass is 9.92. The molecular weight excluding hydrogens is 805 g/mol. The van der Waals surface area contributed by atoms with Gasteiger partial charge in [-0.1, -0.05) is 60.5 Å². The summed E-state index contributed by atoms with van der Waals surface area (Å²) in [4.78, 5) is 63.5. The van der Waals surface area contributed by atoms with Gasteiger partial charge in [-0.05, 0) is 61.9 Å². The van der Waals surface area contributed by atoms with Gasteiger partial charge in [-0.15, -0.1) is 0 Å². The predicted octanol–water partition coefficient (Wildman–Crippen LogP) is 6.97. The zero-order valence-corrected chi connectivity index (χ0v) is 34.8. The Hall–Kier alpha value is -5.82. The molecule has 2 heterocycles. The van der Waals surface area contributed by atoms with Crippen molar-refractivity contribution in [3.05, 3.63) is 89.1 Å². The fraction of sp³-hybridized carbons (Fsp3) is 0.391. The van der Waals surface area contributed by atoms with Crippen LogP contribution in [0.4, 0.5) is 14.5 Å². The molecule has 12 nitrogen and oxygen atoms in total. The van der Waals surface area contributed by atoms with E-state index in [1.54, 1.807) is 12.1 Å². The third kappa shape index (κ3) is 11.5. The van der Waals surface area contributed by atoms with Crippen molar-refractivity contribution in [3.63, 3.8) is 0 Å². The number of aromatic nitrogens is 1. The number of nitrogens with two attached hydrogens (primary N) is 1. The lowest BCUT2D eigenvalue weighted by Crippen LogP contribution is -2.53. The summed E-state index contributed by atoms with van der Waals surface area (Å²) in [6.07, 6.45) is 5.00. The second kappa shape index (κ2) is 20.6. The molecule has 61 heavy (non-hydrogen) atoms. The molecule has 2 fully saturated rings. The highest BCUT2D eigenvalue weighted by Gasteiger charge is 2.36. The van der Waals surface area contributed by atoms with E-state index >= 15 is 0 Å². The molecule has 1 saturated heterocycles. The number of rotatable bonds is 17. The van der Waals surface area contributed by atoms with Gasteiger partial charge in [-0.2, -0.15) is 0 Å². The van der Waals surface area contributed by atoms with E-state index in [4.69, 9.17) is 27.4 Å². The minimum absolute atomic E-state index is 0.0969. The molecule has 1 atom stereocenters. The van der Waals surface area contributed by atoms with Crippen LogP contribution < -0.4 is 16.4 Å². The lowest BCUT2D eigenvalue weighted by Gasteiger charge is -2.30. The highest BCUT2D eigenvalue weighted by Crippen LogP contribution is 2.42. The smallest absolute Gasteiger partial charge is 0.256 e. The number of hydrogen-bond donors (Lipinski definition) is 3. The highest BCUT2D eigenvalue weighted by molar-refractivity contribution is 7.80. The van der Waals surface area contributed by atoms with Crippen LogP contribution in [-0.4, -0.2) is 89.8 Å². The first kappa shape index (κ1) is 44.7. The number of alkyl halides is 2. The number of piperidine rings is 1. The first-order valence-electron chi connectivity index (χ1n) is 20.4. The topological polar surface area (TPSA) is 162 Å². The van der Waals surface area contributed by atoms with E-state index in [2.05, 4.69) is 27.0 Å². The maximum absolute atomic E-state index is 14.1. The first-order chi connectivity index (χ1) is 29.3. The molecule has 0 spiro atoms. The van der Waals surface area contributed by atoms with Gasteiger partial charge in [0.2, 0.25) is 23.6 Å². The lowest BCUT2D eigenvalue weighted by molar-refractivity contribution is -0.136. The van der Waals surface area contributed by atoms with Crippen molar-refractivity contribution in [2.45, 2.75) is 82.2 Å². The molecule has 15 heteroatoms. The van der Waals surface area contributed by atoms with Crippen molar-refractivity contribution < 1.29 is 42.2 Å². The van der Waals surface area contributed by atoms with E-state index in [0.29, 0.717) is 76.1 Å². The van der Waals surface area contributed by atoms with Crippen LogP contribution in [-0.2, 0) is 23.9 Å². The van der Waals surface area contributed by atoms with E-state index < -0.39 is 23.8 Å². The van der Waals surface area contributed by atoms with Crippen molar-refractivity contribution in [3.8, 4) is 23.0 Å². The summed E-state index contributed by atoms with van der Waals surface area (Å²) in [5, 5.41) is 6.16. The SMILES string of the molecule is CN(C(=O)c1c(C#CCCOCCCOCCCC(=O)Nc2ccc3c(-c4cccc(C(N)=S)c4)cn(C4CCC(F)(F)CC4)c3c2)cccc1C=O)C1CCC(=O)NC1=O. The van der Waals surface area contributed by atoms with Gasteiger partial charge in [0.1, 0.15) is 11.0 Å². The molecule has 0 radical (unpaired) electrons. The fourth-order valence-corrected chi connectivity index (χ4v) is 7.82. The molecule has 1 aliphatic heterocycles. The summed E-state index contributed by atoms with van der Waals surface area (Å²) in [7, 11) is 1.46. The number of likely N-dealkylation sites (N-methyl/N-ethyl adjacent to an activating group) is 1. The number of thiocarbonyl (C=S) groups is 1. The van der Waals surface area contributed by atoms with Crippen molar-refractivity contribution in [2.75, 3.05) is 38.8 Å². The van der Waals surface area contributed by atoms with Gasteiger partial charge >= 0.3 is 0 Å². The number of fused-ring (bicyclic) bond motifs is 1. The molecule has 320 valence electrons. The molecule has 2 aliphatic rings. The minimum Gasteiger partial charge on any atom is -0.389 e. The summed E-state index contributed by atoms with van der Waals surface area (Å²) < 4.78 is 41.6. The van der Waals surface area contributed by atoms with Crippen LogP contribution in [0.3, 0.4) is 0 Å². The average molecular weight is 854 g/mol. The number of nitrogens with zero attached hydrogens (tertiary/aromatic N) is 2. The van der Waals surface area contributed by atoms with Crippen LogP contribution in [0.25, 0.3) is 22.0 Å². The standard InChI is InChI=1S/C46H49F2N5O7S/c1-52(38-16-17-41(56)51-44(38)57)45(58)42-30(9-4-12-33(42)29-54)8-2-3-22-59-24-7-25-60-23-6-13-40(55)50-34-14-15-36-37(31-10-5-11-32(26-31)43(49)61)28-53(39(36)27-34)35-18-20-46(47,48)21-19-35/h4-5,9-12,14-15,26-29,35,38H,3,6-7,13,16-25H2,1H3,(H2,49,61)(H,50,55)(H,51,56,57). The molecule has 6 rings (SSSR count). The second-order valence-corrected chi connectivity index (χ2v) is 15.7. The van der Waals surface area contributed by atoms with Crippen LogP contribution in [0.5, 0.6) is 0 Å². The predicted molar refractivity (Wildman–Crippen MR) is 231 cm³/mol. The van der Waals surface area contributed by atoms with Crippen LogP contribution in [0, 0.1) is 11.8 Å². The Morgan fingerprint density at radius 3 is 2.49 bits per heavy atom. The maximum atomic E-state index is 14.1.